The molecule has 0 amide bonds. The Kier molecular flexibility index (Phi) is 8.81. The van der Waals surface area contributed by atoms with Crippen LogP contribution in [0.1, 0.15) is 56.1 Å². The summed E-state index contributed by atoms with van der Waals surface area (Å²) in [6, 6.07) is 6.32. The van der Waals surface area contributed by atoms with Crippen molar-refractivity contribution in [2.75, 3.05) is 12.4 Å². The van der Waals surface area contributed by atoms with Crippen LogP contribution in [0, 0.1) is 13.8 Å². The third kappa shape index (κ3) is 6.91. The topological polar surface area (TPSA) is 9.23 Å². The summed E-state index contributed by atoms with van der Waals surface area (Å²) >= 11 is 4.23. The number of aryl methyl sites for hydroxylation is 2. The van der Waals surface area contributed by atoms with Gasteiger partial charge in [0.1, 0.15) is 5.75 Å². The first-order valence-corrected chi connectivity index (χ1v) is 8.19. The summed E-state index contributed by atoms with van der Waals surface area (Å²) in [7, 11) is 0. The van der Waals surface area contributed by atoms with Crippen LogP contribution in [0.25, 0.3) is 0 Å². The van der Waals surface area contributed by atoms with Gasteiger partial charge in [-0.15, -0.1) is 0 Å². The molecule has 1 rings (SSSR count). The highest BCUT2D eigenvalue weighted by Crippen LogP contribution is 2.22. The van der Waals surface area contributed by atoms with Gasteiger partial charge in [-0.1, -0.05) is 50.3 Å². The average molecular weight is 280 g/mol. The van der Waals surface area contributed by atoms with Crippen molar-refractivity contribution in [1.82, 2.24) is 0 Å². The van der Waals surface area contributed by atoms with E-state index in [1.165, 1.54) is 56.1 Å². The van der Waals surface area contributed by atoms with Crippen molar-refractivity contribution in [3.8, 4) is 5.75 Å². The lowest BCUT2D eigenvalue weighted by molar-refractivity contribution is 0.300. The predicted octanol–water partition coefficient (Wildman–Crippen LogP) is 5.34. The molecular formula is C17H28OS. The zero-order valence-corrected chi connectivity index (χ0v) is 13.3. The molecule has 1 nitrogen and oxygen atoms in total. The SMILES string of the molecule is Cc1cccc(C)c1OCCCCCCCCCS. The van der Waals surface area contributed by atoms with Crippen LogP contribution in [0.3, 0.4) is 0 Å². The molecule has 19 heavy (non-hydrogen) atoms. The Morgan fingerprint density at radius 3 is 1.95 bits per heavy atom. The molecule has 0 heterocycles. The van der Waals surface area contributed by atoms with E-state index in [2.05, 4.69) is 44.7 Å². The van der Waals surface area contributed by atoms with Crippen LogP contribution in [0.5, 0.6) is 5.75 Å². The lowest BCUT2D eigenvalue weighted by atomic mass is 10.1. The van der Waals surface area contributed by atoms with E-state index in [9.17, 15) is 0 Å². The normalized spacial score (nSPS) is 10.7. The monoisotopic (exact) mass is 280 g/mol. The molecule has 0 aromatic heterocycles. The van der Waals surface area contributed by atoms with E-state index in [4.69, 9.17) is 4.74 Å². The second-order valence-electron chi connectivity index (χ2n) is 5.27. The van der Waals surface area contributed by atoms with Gasteiger partial charge in [-0.2, -0.15) is 12.6 Å². The lowest BCUT2D eigenvalue weighted by Crippen LogP contribution is -2.00. The van der Waals surface area contributed by atoms with Crippen molar-refractivity contribution in [2.45, 2.75) is 58.8 Å². The first-order valence-electron chi connectivity index (χ1n) is 7.55. The first kappa shape index (κ1) is 16.4. The lowest BCUT2D eigenvalue weighted by Gasteiger charge is -2.11. The molecule has 1 aromatic carbocycles. The summed E-state index contributed by atoms with van der Waals surface area (Å²) in [4.78, 5) is 0. The molecule has 2 heteroatoms. The zero-order valence-electron chi connectivity index (χ0n) is 12.5. The highest BCUT2D eigenvalue weighted by Gasteiger charge is 2.02. The second kappa shape index (κ2) is 10.2. The molecule has 0 atom stereocenters. The summed E-state index contributed by atoms with van der Waals surface area (Å²) in [5.41, 5.74) is 2.48. The quantitative estimate of drug-likeness (QED) is 0.449. The maximum absolute atomic E-state index is 5.90. The van der Waals surface area contributed by atoms with E-state index >= 15 is 0 Å². The zero-order chi connectivity index (χ0) is 13.9. The van der Waals surface area contributed by atoms with Crippen molar-refractivity contribution in [1.29, 1.82) is 0 Å². The fourth-order valence-electron chi connectivity index (χ4n) is 2.30. The molecular weight excluding hydrogens is 252 g/mol. The second-order valence-corrected chi connectivity index (χ2v) is 5.72. The van der Waals surface area contributed by atoms with E-state index in [-0.39, 0.29) is 0 Å². The van der Waals surface area contributed by atoms with E-state index < -0.39 is 0 Å². The molecule has 0 aliphatic heterocycles. The number of hydrogen-bond donors (Lipinski definition) is 1. The van der Waals surface area contributed by atoms with Gasteiger partial charge >= 0.3 is 0 Å². The Morgan fingerprint density at radius 2 is 1.37 bits per heavy atom. The molecule has 0 saturated carbocycles. The van der Waals surface area contributed by atoms with Crippen molar-refractivity contribution in [2.24, 2.45) is 0 Å². The molecule has 0 spiro atoms. The fourth-order valence-corrected chi connectivity index (χ4v) is 2.52. The summed E-state index contributed by atoms with van der Waals surface area (Å²) in [6.07, 6.45) is 9.10. The van der Waals surface area contributed by atoms with Crippen LogP contribution < -0.4 is 4.74 Å². The van der Waals surface area contributed by atoms with Crippen molar-refractivity contribution < 1.29 is 4.74 Å². The van der Waals surface area contributed by atoms with Crippen LogP contribution in [-0.4, -0.2) is 12.4 Å². The number of para-hydroxylation sites is 1. The van der Waals surface area contributed by atoms with E-state index in [0.717, 1.165) is 18.1 Å². The Morgan fingerprint density at radius 1 is 0.842 bits per heavy atom. The van der Waals surface area contributed by atoms with Gasteiger partial charge in [0.05, 0.1) is 6.61 Å². The first-order chi connectivity index (χ1) is 9.25. The number of thiol groups is 1. The molecule has 0 bridgehead atoms. The van der Waals surface area contributed by atoms with Crippen molar-refractivity contribution in [3.05, 3.63) is 29.3 Å². The Labute approximate surface area is 124 Å². The molecule has 0 aliphatic carbocycles. The van der Waals surface area contributed by atoms with Gasteiger partial charge in [-0.25, -0.2) is 0 Å². The van der Waals surface area contributed by atoms with Gasteiger partial charge in [-0.3, -0.25) is 0 Å². The van der Waals surface area contributed by atoms with E-state index in [1.807, 2.05) is 0 Å². The summed E-state index contributed by atoms with van der Waals surface area (Å²) in [5.74, 6) is 2.11. The Balaban J connectivity index is 2.05. The maximum Gasteiger partial charge on any atom is 0.125 e. The van der Waals surface area contributed by atoms with Gasteiger partial charge in [0, 0.05) is 0 Å². The molecule has 1 aromatic rings. The Bertz CT molecular complexity index is 329. The summed E-state index contributed by atoms with van der Waals surface area (Å²) in [5, 5.41) is 0. The van der Waals surface area contributed by atoms with Gasteiger partial charge in [0.2, 0.25) is 0 Å². The number of rotatable bonds is 10. The largest absolute Gasteiger partial charge is 0.493 e. The minimum atomic E-state index is 0.850. The molecule has 0 fully saturated rings. The molecule has 0 aliphatic rings. The highest BCUT2D eigenvalue weighted by molar-refractivity contribution is 7.80. The van der Waals surface area contributed by atoms with Crippen LogP contribution in [0.15, 0.2) is 18.2 Å². The van der Waals surface area contributed by atoms with Crippen LogP contribution in [0.4, 0.5) is 0 Å². The number of hydrogen-bond acceptors (Lipinski definition) is 2. The van der Waals surface area contributed by atoms with Crippen LogP contribution in [-0.2, 0) is 0 Å². The van der Waals surface area contributed by atoms with Gasteiger partial charge in [0.15, 0.2) is 0 Å². The van der Waals surface area contributed by atoms with Crippen LogP contribution in [0.2, 0.25) is 0 Å². The van der Waals surface area contributed by atoms with Crippen LogP contribution >= 0.6 is 12.6 Å². The molecule has 0 unspecified atom stereocenters. The van der Waals surface area contributed by atoms with Gasteiger partial charge < -0.3 is 4.74 Å². The molecule has 0 radical (unpaired) electrons. The minimum Gasteiger partial charge on any atom is -0.493 e. The standard InChI is InChI=1S/C17H28OS/c1-15-11-10-12-16(2)17(15)18-13-8-6-4-3-5-7-9-14-19/h10-12,19H,3-9,13-14H2,1-2H3. The van der Waals surface area contributed by atoms with Gasteiger partial charge in [0.25, 0.3) is 0 Å². The van der Waals surface area contributed by atoms with Gasteiger partial charge in [-0.05, 0) is 43.6 Å². The fraction of sp³-hybridized carbons (Fsp3) is 0.647. The molecule has 0 saturated heterocycles. The van der Waals surface area contributed by atoms with E-state index in [1.54, 1.807) is 0 Å². The molecule has 0 N–H and O–H groups in total. The summed E-state index contributed by atoms with van der Waals surface area (Å²) in [6.45, 7) is 5.08. The smallest absolute Gasteiger partial charge is 0.125 e. The number of unbranched alkanes of at least 4 members (excludes halogenated alkanes) is 6. The third-order valence-electron chi connectivity index (χ3n) is 3.46. The Hall–Kier alpha value is -0.630. The average Bonchev–Trinajstić information content (AvgIpc) is 2.40. The van der Waals surface area contributed by atoms with Crippen molar-refractivity contribution in [3.63, 3.8) is 0 Å². The maximum atomic E-state index is 5.90. The van der Waals surface area contributed by atoms with E-state index in [0.29, 0.717) is 0 Å². The molecule has 108 valence electrons. The van der Waals surface area contributed by atoms with Crippen molar-refractivity contribution >= 4 is 12.6 Å². The number of ether oxygens (including phenoxy) is 1. The summed E-state index contributed by atoms with van der Waals surface area (Å²) < 4.78 is 5.90. The minimum absolute atomic E-state index is 0.850. The highest BCUT2D eigenvalue weighted by atomic mass is 32.1. The predicted molar refractivity (Wildman–Crippen MR) is 87.6 cm³/mol. The number of benzene rings is 1. The third-order valence-corrected chi connectivity index (χ3v) is 3.77.